The fourth-order valence-corrected chi connectivity index (χ4v) is 1.53. The molecule has 1 heterocycles. The highest BCUT2D eigenvalue weighted by Crippen LogP contribution is 2.15. The number of aromatic nitrogens is 1. The molecule has 3 nitrogen and oxygen atoms in total. The van der Waals surface area contributed by atoms with E-state index in [1.54, 1.807) is 13.0 Å². The average Bonchev–Trinajstić information content (AvgIpc) is 2.74. The van der Waals surface area contributed by atoms with Crippen molar-refractivity contribution in [1.29, 1.82) is 0 Å². The number of benzene rings is 1. The van der Waals surface area contributed by atoms with E-state index < -0.39 is 0 Å². The third-order valence-electron chi connectivity index (χ3n) is 2.28. The van der Waals surface area contributed by atoms with Crippen molar-refractivity contribution in [3.63, 3.8) is 0 Å². The molecule has 0 bridgehead atoms. The third kappa shape index (κ3) is 2.31. The molecule has 0 fully saturated rings. The van der Waals surface area contributed by atoms with E-state index in [1.807, 2.05) is 30.5 Å². The van der Waals surface area contributed by atoms with Gasteiger partial charge in [-0.15, -0.1) is 0 Å². The molecule has 0 saturated heterocycles. The van der Waals surface area contributed by atoms with Crippen LogP contribution in [-0.4, -0.2) is 17.6 Å². The Morgan fingerprint density at radius 2 is 2.31 bits per heavy atom. The Bertz CT molecular complexity index is 525. The number of ether oxygens (including phenoxy) is 1. The molecule has 2 aromatic rings. The third-order valence-corrected chi connectivity index (χ3v) is 2.28. The van der Waals surface area contributed by atoms with Gasteiger partial charge in [0.25, 0.3) is 0 Å². The van der Waals surface area contributed by atoms with Crippen molar-refractivity contribution in [1.82, 2.24) is 4.98 Å². The summed E-state index contributed by atoms with van der Waals surface area (Å²) in [5.74, 6) is -0.309. The lowest BCUT2D eigenvalue weighted by atomic mass is 10.1. The lowest BCUT2D eigenvalue weighted by Gasteiger charge is -1.96. The largest absolute Gasteiger partial charge is 0.463 e. The molecule has 0 aliphatic heterocycles. The van der Waals surface area contributed by atoms with Crippen LogP contribution in [0.25, 0.3) is 17.0 Å². The minimum absolute atomic E-state index is 0.309. The van der Waals surface area contributed by atoms with Crippen LogP contribution in [0.3, 0.4) is 0 Å². The van der Waals surface area contributed by atoms with E-state index >= 15 is 0 Å². The molecule has 0 spiro atoms. The Balaban J connectivity index is 2.17. The summed E-state index contributed by atoms with van der Waals surface area (Å²) < 4.78 is 4.80. The molecule has 1 N–H and O–H groups in total. The molecular formula is C13H13NO2. The van der Waals surface area contributed by atoms with Crippen molar-refractivity contribution in [3.8, 4) is 0 Å². The van der Waals surface area contributed by atoms with E-state index in [1.165, 1.54) is 6.08 Å². The van der Waals surface area contributed by atoms with Crippen LogP contribution in [-0.2, 0) is 9.53 Å². The smallest absolute Gasteiger partial charge is 0.330 e. The first kappa shape index (κ1) is 10.5. The van der Waals surface area contributed by atoms with Gasteiger partial charge in [0.15, 0.2) is 0 Å². The van der Waals surface area contributed by atoms with Gasteiger partial charge in [-0.05, 0) is 42.1 Å². The maximum absolute atomic E-state index is 11.1. The molecule has 16 heavy (non-hydrogen) atoms. The molecule has 3 heteroatoms. The van der Waals surface area contributed by atoms with Gasteiger partial charge in [0.1, 0.15) is 0 Å². The molecule has 1 aromatic heterocycles. The van der Waals surface area contributed by atoms with Gasteiger partial charge in [0.05, 0.1) is 6.61 Å². The van der Waals surface area contributed by atoms with Crippen LogP contribution in [0.5, 0.6) is 0 Å². The predicted molar refractivity (Wildman–Crippen MR) is 64.0 cm³/mol. The number of aromatic amines is 1. The minimum Gasteiger partial charge on any atom is -0.463 e. The second-order valence-corrected chi connectivity index (χ2v) is 3.41. The molecule has 0 atom stereocenters. The van der Waals surface area contributed by atoms with E-state index in [2.05, 4.69) is 4.98 Å². The molecule has 0 saturated carbocycles. The van der Waals surface area contributed by atoms with Gasteiger partial charge in [-0.25, -0.2) is 4.79 Å². The number of nitrogens with one attached hydrogen (secondary N) is 1. The van der Waals surface area contributed by atoms with Gasteiger partial charge in [0, 0.05) is 17.8 Å². The van der Waals surface area contributed by atoms with Crippen LogP contribution in [0.15, 0.2) is 36.5 Å². The number of carbonyl (C=O) groups is 1. The van der Waals surface area contributed by atoms with Crippen molar-refractivity contribution in [2.75, 3.05) is 6.61 Å². The second-order valence-electron chi connectivity index (χ2n) is 3.41. The van der Waals surface area contributed by atoms with E-state index in [0.29, 0.717) is 6.61 Å². The normalized spacial score (nSPS) is 11.1. The standard InChI is InChI=1S/C13H13NO2/c1-2-16-13(15)6-4-10-3-5-12-11(9-10)7-8-14-12/h3-9,14H,2H2,1H3. The molecule has 0 radical (unpaired) electrons. The van der Waals surface area contributed by atoms with Gasteiger partial charge >= 0.3 is 5.97 Å². The molecule has 82 valence electrons. The second kappa shape index (κ2) is 4.66. The minimum atomic E-state index is -0.309. The number of hydrogen-bond acceptors (Lipinski definition) is 2. The van der Waals surface area contributed by atoms with Crippen molar-refractivity contribution in [3.05, 3.63) is 42.1 Å². The summed E-state index contributed by atoms with van der Waals surface area (Å²) in [6, 6.07) is 7.95. The van der Waals surface area contributed by atoms with E-state index in [0.717, 1.165) is 16.5 Å². The van der Waals surface area contributed by atoms with Crippen LogP contribution in [0.1, 0.15) is 12.5 Å². The average molecular weight is 215 g/mol. The highest BCUT2D eigenvalue weighted by Gasteiger charge is 1.96. The Hall–Kier alpha value is -2.03. The van der Waals surface area contributed by atoms with Gasteiger partial charge in [-0.2, -0.15) is 0 Å². The SMILES string of the molecule is CCOC(=O)C=Cc1ccc2[nH]ccc2c1. The first-order valence-corrected chi connectivity index (χ1v) is 5.21. The summed E-state index contributed by atoms with van der Waals surface area (Å²) in [5.41, 5.74) is 2.08. The van der Waals surface area contributed by atoms with Crippen LogP contribution in [0.2, 0.25) is 0 Å². The van der Waals surface area contributed by atoms with Gasteiger partial charge < -0.3 is 9.72 Å². The zero-order valence-corrected chi connectivity index (χ0v) is 9.07. The molecule has 1 aromatic carbocycles. The zero-order chi connectivity index (χ0) is 11.4. The van der Waals surface area contributed by atoms with Gasteiger partial charge in [0.2, 0.25) is 0 Å². The number of carbonyl (C=O) groups excluding carboxylic acids is 1. The maximum Gasteiger partial charge on any atom is 0.330 e. The number of esters is 1. The van der Waals surface area contributed by atoms with Crippen LogP contribution in [0, 0.1) is 0 Å². The number of hydrogen-bond donors (Lipinski definition) is 1. The predicted octanol–water partition coefficient (Wildman–Crippen LogP) is 2.74. The molecular weight excluding hydrogens is 202 g/mol. The first-order chi connectivity index (χ1) is 7.79. The van der Waals surface area contributed by atoms with E-state index in [-0.39, 0.29) is 5.97 Å². The van der Waals surface area contributed by atoms with E-state index in [9.17, 15) is 4.79 Å². The van der Waals surface area contributed by atoms with Gasteiger partial charge in [-0.1, -0.05) is 6.07 Å². The Kier molecular flexibility index (Phi) is 3.05. The molecule has 0 aliphatic carbocycles. The number of fused-ring (bicyclic) bond motifs is 1. The fraction of sp³-hybridized carbons (Fsp3) is 0.154. The highest BCUT2D eigenvalue weighted by molar-refractivity contribution is 5.88. The van der Waals surface area contributed by atoms with Crippen LogP contribution < -0.4 is 0 Å². The Labute approximate surface area is 93.7 Å². The summed E-state index contributed by atoms with van der Waals surface area (Å²) in [5, 5.41) is 1.13. The molecule has 0 amide bonds. The fourth-order valence-electron chi connectivity index (χ4n) is 1.53. The lowest BCUT2D eigenvalue weighted by Crippen LogP contribution is -1.98. The van der Waals surface area contributed by atoms with Crippen molar-refractivity contribution >= 4 is 22.9 Å². The monoisotopic (exact) mass is 215 g/mol. The maximum atomic E-state index is 11.1. The van der Waals surface area contributed by atoms with Crippen molar-refractivity contribution in [2.45, 2.75) is 6.92 Å². The molecule has 0 unspecified atom stereocenters. The summed E-state index contributed by atoms with van der Waals surface area (Å²) in [4.78, 5) is 14.2. The summed E-state index contributed by atoms with van der Waals surface area (Å²) in [7, 11) is 0. The zero-order valence-electron chi connectivity index (χ0n) is 9.07. The number of H-pyrrole nitrogens is 1. The Morgan fingerprint density at radius 1 is 1.44 bits per heavy atom. The molecule has 0 aliphatic rings. The van der Waals surface area contributed by atoms with Crippen LogP contribution in [0.4, 0.5) is 0 Å². The quantitative estimate of drug-likeness (QED) is 0.631. The Morgan fingerprint density at radius 3 is 3.12 bits per heavy atom. The van der Waals surface area contributed by atoms with E-state index in [4.69, 9.17) is 4.74 Å². The summed E-state index contributed by atoms with van der Waals surface area (Å²) in [6.45, 7) is 2.19. The topological polar surface area (TPSA) is 42.1 Å². The first-order valence-electron chi connectivity index (χ1n) is 5.21. The number of rotatable bonds is 3. The van der Waals surface area contributed by atoms with Crippen LogP contribution >= 0.6 is 0 Å². The van der Waals surface area contributed by atoms with Crippen molar-refractivity contribution in [2.24, 2.45) is 0 Å². The highest BCUT2D eigenvalue weighted by atomic mass is 16.5. The lowest BCUT2D eigenvalue weighted by molar-refractivity contribution is -0.137. The van der Waals surface area contributed by atoms with Crippen molar-refractivity contribution < 1.29 is 9.53 Å². The molecule has 2 rings (SSSR count). The summed E-state index contributed by atoms with van der Waals surface area (Å²) >= 11 is 0. The summed E-state index contributed by atoms with van der Waals surface area (Å²) in [6.07, 6.45) is 5.09. The van der Waals surface area contributed by atoms with Gasteiger partial charge in [-0.3, -0.25) is 0 Å².